The Morgan fingerprint density at radius 1 is 1.07 bits per heavy atom. The van der Waals surface area contributed by atoms with Gasteiger partial charge in [0.25, 0.3) is 11.8 Å². The molecule has 0 saturated heterocycles. The number of nitro groups is 1. The quantitative estimate of drug-likeness (QED) is 0.137. The molecule has 3 heterocycles. The van der Waals surface area contributed by atoms with Gasteiger partial charge in [-0.1, -0.05) is 42.5 Å². The Kier molecular flexibility index (Phi) is 7.48. The second-order valence-electron chi connectivity index (χ2n) is 9.71. The molecule has 15 heteroatoms. The van der Waals surface area contributed by atoms with Crippen LogP contribution in [0.15, 0.2) is 53.0 Å². The predicted molar refractivity (Wildman–Crippen MR) is 128 cm³/mol. The lowest BCUT2D eigenvalue weighted by Crippen LogP contribution is -2.45. The second kappa shape index (κ2) is 10.8. The van der Waals surface area contributed by atoms with E-state index in [0.29, 0.717) is 18.4 Å². The maximum Gasteiger partial charge on any atom is 0.426 e. The van der Waals surface area contributed by atoms with Crippen molar-refractivity contribution in [3.8, 4) is 17.5 Å². The van der Waals surface area contributed by atoms with Gasteiger partial charge in [0.15, 0.2) is 0 Å². The van der Waals surface area contributed by atoms with E-state index < -0.39 is 76.6 Å². The summed E-state index contributed by atoms with van der Waals surface area (Å²) in [6.45, 7) is -0.498. The van der Waals surface area contributed by atoms with Crippen LogP contribution in [0.25, 0.3) is 11.6 Å². The van der Waals surface area contributed by atoms with Crippen LogP contribution in [0.2, 0.25) is 0 Å². The summed E-state index contributed by atoms with van der Waals surface area (Å²) in [5.74, 6) is -3.05. The van der Waals surface area contributed by atoms with Crippen molar-refractivity contribution in [3.63, 3.8) is 0 Å². The van der Waals surface area contributed by atoms with Crippen molar-refractivity contribution in [3.05, 3.63) is 75.7 Å². The number of benzene rings is 1. The Labute approximate surface area is 228 Å². The maximum atomic E-state index is 14.8. The topological polar surface area (TPSA) is 113 Å². The summed E-state index contributed by atoms with van der Waals surface area (Å²) in [5.41, 5.74) is -6.29. The molecule has 2 aromatic heterocycles. The highest BCUT2D eigenvalue weighted by molar-refractivity contribution is 5.64. The zero-order valence-corrected chi connectivity index (χ0v) is 21.1. The van der Waals surface area contributed by atoms with Gasteiger partial charge in [-0.2, -0.15) is 26.3 Å². The lowest BCUT2D eigenvalue weighted by molar-refractivity contribution is -0.384. The third-order valence-corrected chi connectivity index (χ3v) is 6.84. The normalized spacial score (nSPS) is 21.7. The highest BCUT2D eigenvalue weighted by Crippen LogP contribution is 2.48. The Morgan fingerprint density at radius 3 is 2.44 bits per heavy atom. The van der Waals surface area contributed by atoms with Gasteiger partial charge in [-0.15, -0.1) is 10.2 Å². The van der Waals surface area contributed by atoms with Crippen LogP contribution in [-0.2, 0) is 23.1 Å². The van der Waals surface area contributed by atoms with Crippen LogP contribution in [0.3, 0.4) is 0 Å². The van der Waals surface area contributed by atoms with Crippen molar-refractivity contribution in [1.29, 1.82) is 0 Å². The van der Waals surface area contributed by atoms with Crippen molar-refractivity contribution in [1.82, 2.24) is 15.2 Å². The SMILES string of the molecule is O=[N+]([O-])c1cc(C(F)(F)F)c2nc1-c1nnc(o1)[C@@](OCc1ccccc1)(C(F)(F)F)CCC=CCC(C1CC1)O2. The summed E-state index contributed by atoms with van der Waals surface area (Å²) in [5, 5.41) is 18.8. The third kappa shape index (κ3) is 5.89. The first-order chi connectivity index (χ1) is 19.4. The number of ether oxygens (including phenoxy) is 2. The summed E-state index contributed by atoms with van der Waals surface area (Å²) in [7, 11) is 0. The first-order valence-electron chi connectivity index (χ1n) is 12.6. The molecule has 3 aromatic rings. The van der Waals surface area contributed by atoms with Crippen molar-refractivity contribution >= 4 is 5.69 Å². The average molecular weight is 584 g/mol. The smallest absolute Gasteiger partial charge is 0.426 e. The van der Waals surface area contributed by atoms with Crippen molar-refractivity contribution < 1.29 is 45.2 Å². The van der Waals surface area contributed by atoms with Crippen molar-refractivity contribution in [2.24, 2.45) is 5.92 Å². The molecule has 0 amide bonds. The highest BCUT2D eigenvalue weighted by Gasteiger charge is 2.61. The van der Waals surface area contributed by atoms with Gasteiger partial charge < -0.3 is 13.9 Å². The predicted octanol–water partition coefficient (Wildman–Crippen LogP) is 6.93. The zero-order chi connectivity index (χ0) is 29.4. The minimum Gasteiger partial charge on any atom is -0.473 e. The Bertz CT molecular complexity index is 1440. The van der Waals surface area contributed by atoms with Gasteiger partial charge in [0, 0.05) is 12.5 Å². The maximum absolute atomic E-state index is 14.8. The van der Waals surface area contributed by atoms with Gasteiger partial charge in [-0.05, 0) is 37.2 Å². The second-order valence-corrected chi connectivity index (χ2v) is 9.71. The minimum absolute atomic E-state index is 0.0816. The molecule has 1 aliphatic carbocycles. The molecule has 1 aliphatic heterocycles. The van der Waals surface area contributed by atoms with E-state index in [-0.39, 0.29) is 24.8 Å². The molecule has 1 aromatic carbocycles. The fraction of sp³-hybridized carbons (Fsp3) is 0.423. The highest BCUT2D eigenvalue weighted by atomic mass is 19.4. The largest absolute Gasteiger partial charge is 0.473 e. The zero-order valence-electron chi connectivity index (χ0n) is 21.1. The van der Waals surface area contributed by atoms with Crippen LogP contribution in [0.5, 0.6) is 5.88 Å². The van der Waals surface area contributed by atoms with Crippen LogP contribution < -0.4 is 4.74 Å². The van der Waals surface area contributed by atoms with E-state index in [1.165, 1.54) is 12.2 Å². The first-order valence-corrected chi connectivity index (χ1v) is 12.6. The summed E-state index contributed by atoms with van der Waals surface area (Å²) in [6, 6.07) is 8.23. The number of alkyl halides is 6. The number of fused-ring (bicyclic) bond motifs is 5. The third-order valence-electron chi connectivity index (χ3n) is 6.84. The Hall–Kier alpha value is -4.01. The molecule has 1 fully saturated rings. The molecule has 4 bridgehead atoms. The average Bonchev–Trinajstić information content (AvgIpc) is 3.64. The van der Waals surface area contributed by atoms with Crippen molar-refractivity contribution in [2.75, 3.05) is 0 Å². The number of nitrogens with zero attached hydrogens (tertiary/aromatic N) is 4. The van der Waals surface area contributed by atoms with Crippen LogP contribution in [0, 0.1) is 16.0 Å². The number of aromatic nitrogens is 3. The molecule has 0 radical (unpaired) electrons. The van der Waals surface area contributed by atoms with E-state index in [1.54, 1.807) is 30.3 Å². The molecule has 1 unspecified atom stereocenters. The summed E-state index contributed by atoms with van der Waals surface area (Å²) in [6.07, 6.45) is -7.47. The lowest BCUT2D eigenvalue weighted by atomic mass is 9.95. The molecule has 0 N–H and O–H groups in total. The van der Waals surface area contributed by atoms with E-state index >= 15 is 0 Å². The summed E-state index contributed by atoms with van der Waals surface area (Å²) >= 11 is 0. The standard InChI is InChI=1S/C26H22F6N4O5/c27-25(28,29)17-13-18(36(37)38)20-22-34-35-23(41-22)24(26(30,31)32,39-14-15-7-3-1-4-8-15)12-6-2-5-9-19(16-10-11-16)40-21(17)33-20/h1-5,7-8,13,16,19H,6,9-12,14H2/t19?,24-/m1/s1. The Morgan fingerprint density at radius 2 is 1.80 bits per heavy atom. The number of hydrogen-bond acceptors (Lipinski definition) is 8. The molecule has 1 saturated carbocycles. The molecule has 2 aliphatic rings. The van der Waals surface area contributed by atoms with E-state index in [4.69, 9.17) is 13.9 Å². The van der Waals surface area contributed by atoms with E-state index in [0.717, 1.165) is 0 Å². The minimum atomic E-state index is -5.10. The van der Waals surface area contributed by atoms with Gasteiger partial charge in [0.05, 0.1) is 11.5 Å². The summed E-state index contributed by atoms with van der Waals surface area (Å²) < 4.78 is 103. The number of halogens is 6. The molecular weight excluding hydrogens is 562 g/mol. The van der Waals surface area contributed by atoms with Gasteiger partial charge in [0.2, 0.25) is 17.2 Å². The van der Waals surface area contributed by atoms with E-state index in [1.807, 2.05) is 0 Å². The first kappa shape index (κ1) is 28.5. The fourth-order valence-electron chi connectivity index (χ4n) is 4.51. The number of pyridine rings is 1. The van der Waals surface area contributed by atoms with Crippen LogP contribution in [-0.4, -0.2) is 32.4 Å². The molecule has 218 valence electrons. The molecule has 2 atom stereocenters. The molecular formula is C26H22F6N4O5. The molecule has 0 spiro atoms. The fourth-order valence-corrected chi connectivity index (χ4v) is 4.51. The van der Waals surface area contributed by atoms with Gasteiger partial charge in [-0.25, -0.2) is 4.98 Å². The molecule has 9 nitrogen and oxygen atoms in total. The molecule has 41 heavy (non-hydrogen) atoms. The van der Waals surface area contributed by atoms with Crippen LogP contribution in [0.1, 0.15) is 49.1 Å². The van der Waals surface area contributed by atoms with Crippen molar-refractivity contribution in [2.45, 2.75) is 62.8 Å². The molecule has 5 rings (SSSR count). The number of allylic oxidation sites excluding steroid dienone is 1. The van der Waals surface area contributed by atoms with E-state index in [2.05, 4.69) is 15.2 Å². The monoisotopic (exact) mass is 584 g/mol. The van der Waals surface area contributed by atoms with Gasteiger partial charge >= 0.3 is 18.0 Å². The lowest BCUT2D eigenvalue weighted by Gasteiger charge is -2.32. The van der Waals surface area contributed by atoms with Crippen LogP contribution >= 0.6 is 0 Å². The number of hydrogen-bond donors (Lipinski definition) is 0. The van der Waals surface area contributed by atoms with Gasteiger partial charge in [0.1, 0.15) is 11.7 Å². The Balaban J connectivity index is 1.67. The van der Waals surface area contributed by atoms with Crippen LogP contribution in [0.4, 0.5) is 32.0 Å². The van der Waals surface area contributed by atoms with Gasteiger partial charge in [-0.3, -0.25) is 10.1 Å². The summed E-state index contributed by atoms with van der Waals surface area (Å²) in [4.78, 5) is 14.3. The van der Waals surface area contributed by atoms with E-state index in [9.17, 15) is 36.5 Å². The number of rotatable bonds is 5.